The van der Waals surface area contributed by atoms with Gasteiger partial charge in [-0.15, -0.1) is 0 Å². The van der Waals surface area contributed by atoms with Crippen molar-refractivity contribution in [3.8, 4) is 0 Å². The maximum absolute atomic E-state index is 11.3. The van der Waals surface area contributed by atoms with Gasteiger partial charge >= 0.3 is 5.97 Å². The Labute approximate surface area is 90.0 Å². The van der Waals surface area contributed by atoms with E-state index in [1.807, 2.05) is 16.8 Å². The molecule has 4 heteroatoms. The van der Waals surface area contributed by atoms with Gasteiger partial charge in [0.15, 0.2) is 0 Å². The molecule has 1 aromatic rings. The normalized spacial score (nSPS) is 11.3. The van der Waals surface area contributed by atoms with Crippen LogP contribution in [-0.2, 0) is 16.1 Å². The number of esters is 1. The summed E-state index contributed by atoms with van der Waals surface area (Å²) in [4.78, 5) is 11.3. The summed E-state index contributed by atoms with van der Waals surface area (Å²) in [5.74, 6) is -0.237. The molecule has 1 rings (SSSR count). The Bertz CT molecular complexity index is 274. The van der Waals surface area contributed by atoms with Crippen LogP contribution in [0, 0.1) is 0 Å². The minimum atomic E-state index is -0.594. The topological polar surface area (TPSA) is 26.3 Å². The largest absolute Gasteiger partial charge is 0.460 e. The lowest BCUT2D eigenvalue weighted by Crippen LogP contribution is -2.26. The first-order valence-corrected chi connectivity index (χ1v) is 5.61. The number of ether oxygens (including phenoxy) is 1. The van der Waals surface area contributed by atoms with Crippen LogP contribution in [0.2, 0.25) is 0 Å². The van der Waals surface area contributed by atoms with E-state index in [4.69, 9.17) is 4.74 Å². The summed E-state index contributed by atoms with van der Waals surface area (Å²) in [5, 5.41) is 3.93. The van der Waals surface area contributed by atoms with Crippen molar-refractivity contribution in [1.29, 1.82) is 0 Å². The van der Waals surface area contributed by atoms with Crippen molar-refractivity contribution in [2.24, 2.45) is 0 Å². The molecule has 0 aliphatic heterocycles. The second-order valence-corrected chi connectivity index (χ2v) is 5.94. The van der Waals surface area contributed by atoms with Gasteiger partial charge in [0.25, 0.3) is 0 Å². The maximum atomic E-state index is 11.3. The predicted octanol–water partition coefficient (Wildman–Crippen LogP) is 2.96. The first-order valence-electron chi connectivity index (χ1n) is 3.87. The van der Waals surface area contributed by atoms with Crippen molar-refractivity contribution in [3.05, 3.63) is 22.4 Å². The molecule has 2 nitrogen and oxygen atoms in total. The van der Waals surface area contributed by atoms with Crippen LogP contribution >= 0.6 is 27.3 Å². The molecular weight excluding hydrogens is 252 g/mol. The van der Waals surface area contributed by atoms with Gasteiger partial charge in [-0.25, -0.2) is 0 Å². The molecule has 0 bridgehead atoms. The fraction of sp³-hybridized carbons (Fsp3) is 0.444. The molecule has 72 valence electrons. The summed E-state index contributed by atoms with van der Waals surface area (Å²) in [6.07, 6.45) is 0. The Kier molecular flexibility index (Phi) is 3.50. The second-order valence-electron chi connectivity index (χ2n) is 3.18. The fourth-order valence-electron chi connectivity index (χ4n) is 0.695. The number of alkyl halides is 1. The second kappa shape index (κ2) is 4.24. The lowest BCUT2D eigenvalue weighted by atomic mass is 10.2. The number of thiophene rings is 1. The van der Waals surface area contributed by atoms with E-state index in [-0.39, 0.29) is 5.97 Å². The third-order valence-electron chi connectivity index (χ3n) is 1.44. The maximum Gasteiger partial charge on any atom is 0.322 e. The highest BCUT2D eigenvalue weighted by molar-refractivity contribution is 9.10. The zero-order valence-corrected chi connectivity index (χ0v) is 9.94. The number of halogens is 1. The minimum absolute atomic E-state index is 0.237. The Morgan fingerprint density at radius 2 is 2.38 bits per heavy atom. The molecule has 13 heavy (non-hydrogen) atoms. The average molecular weight is 263 g/mol. The highest BCUT2D eigenvalue weighted by atomic mass is 79.9. The molecule has 0 aromatic carbocycles. The van der Waals surface area contributed by atoms with Gasteiger partial charge < -0.3 is 4.74 Å². The van der Waals surface area contributed by atoms with Gasteiger partial charge in [-0.3, -0.25) is 4.79 Å². The molecule has 0 unspecified atom stereocenters. The summed E-state index contributed by atoms with van der Waals surface area (Å²) in [6.45, 7) is 3.89. The van der Waals surface area contributed by atoms with E-state index >= 15 is 0 Å². The van der Waals surface area contributed by atoms with Gasteiger partial charge in [0.2, 0.25) is 0 Å². The number of hydrogen-bond donors (Lipinski definition) is 0. The zero-order valence-electron chi connectivity index (χ0n) is 7.54. The number of rotatable bonds is 3. The van der Waals surface area contributed by atoms with Crippen molar-refractivity contribution in [2.75, 3.05) is 0 Å². The fourth-order valence-corrected chi connectivity index (χ4v) is 1.46. The molecular formula is C9H11BrO2S. The number of hydrogen-bond acceptors (Lipinski definition) is 3. The van der Waals surface area contributed by atoms with E-state index < -0.39 is 4.32 Å². The van der Waals surface area contributed by atoms with Gasteiger partial charge in [0.05, 0.1) is 0 Å². The first-order chi connectivity index (χ1) is 6.00. The summed E-state index contributed by atoms with van der Waals surface area (Å²) < 4.78 is 4.48. The van der Waals surface area contributed by atoms with Crippen LogP contribution in [0.25, 0.3) is 0 Å². The van der Waals surface area contributed by atoms with E-state index in [1.165, 1.54) is 0 Å². The first kappa shape index (κ1) is 10.7. The summed E-state index contributed by atoms with van der Waals surface area (Å²) >= 11 is 4.83. The molecule has 0 atom stereocenters. The monoisotopic (exact) mass is 262 g/mol. The number of carbonyl (C=O) groups excluding carboxylic acids is 1. The smallest absolute Gasteiger partial charge is 0.322 e. The molecule has 0 fully saturated rings. The van der Waals surface area contributed by atoms with Crippen molar-refractivity contribution in [1.82, 2.24) is 0 Å². The Balaban J connectivity index is 2.40. The van der Waals surface area contributed by atoms with Gasteiger partial charge in [-0.05, 0) is 30.7 Å². The van der Waals surface area contributed by atoms with Crippen LogP contribution in [0.5, 0.6) is 0 Å². The van der Waals surface area contributed by atoms with Crippen LogP contribution < -0.4 is 0 Å². The van der Waals surface area contributed by atoms with E-state index in [0.717, 1.165) is 5.56 Å². The number of carbonyl (C=O) groups is 1. The Morgan fingerprint density at radius 3 is 2.85 bits per heavy atom. The van der Waals surface area contributed by atoms with E-state index in [2.05, 4.69) is 15.9 Å². The molecule has 0 radical (unpaired) electrons. The van der Waals surface area contributed by atoms with Crippen molar-refractivity contribution < 1.29 is 9.53 Å². The molecule has 0 saturated heterocycles. The SMILES string of the molecule is CC(C)(Br)C(=O)OCc1ccsc1. The summed E-state index contributed by atoms with van der Waals surface area (Å²) in [5.41, 5.74) is 1.04. The molecule has 0 amide bonds. The van der Waals surface area contributed by atoms with Gasteiger partial charge in [-0.1, -0.05) is 15.9 Å². The molecule has 0 aliphatic carbocycles. The highest BCUT2D eigenvalue weighted by Gasteiger charge is 2.25. The third-order valence-corrected chi connectivity index (χ3v) is 2.49. The van der Waals surface area contributed by atoms with Crippen LogP contribution in [0.1, 0.15) is 19.4 Å². The van der Waals surface area contributed by atoms with Crippen LogP contribution in [0.15, 0.2) is 16.8 Å². The lowest BCUT2D eigenvalue weighted by molar-refractivity contribution is -0.146. The highest BCUT2D eigenvalue weighted by Crippen LogP contribution is 2.18. The zero-order chi connectivity index (χ0) is 9.90. The molecule has 0 aliphatic rings. The molecule has 1 aromatic heterocycles. The van der Waals surface area contributed by atoms with Gasteiger partial charge in [0, 0.05) is 5.56 Å². The van der Waals surface area contributed by atoms with Gasteiger partial charge in [-0.2, -0.15) is 11.3 Å². The molecule has 0 spiro atoms. The third kappa shape index (κ3) is 3.48. The predicted molar refractivity (Wildman–Crippen MR) is 57.1 cm³/mol. The quantitative estimate of drug-likeness (QED) is 0.619. The Hall–Kier alpha value is -0.350. The van der Waals surface area contributed by atoms with E-state index in [0.29, 0.717) is 6.61 Å². The lowest BCUT2D eigenvalue weighted by Gasteiger charge is -2.14. The van der Waals surface area contributed by atoms with Crippen molar-refractivity contribution >= 4 is 33.2 Å². The van der Waals surface area contributed by atoms with Gasteiger partial charge in [0.1, 0.15) is 10.9 Å². The van der Waals surface area contributed by atoms with Crippen LogP contribution in [0.3, 0.4) is 0 Å². The standard InChI is InChI=1S/C9H11BrO2S/c1-9(2,10)8(11)12-5-7-3-4-13-6-7/h3-4,6H,5H2,1-2H3. The molecule has 0 N–H and O–H groups in total. The molecule has 1 heterocycles. The summed E-state index contributed by atoms with van der Waals surface area (Å²) in [6, 6.07) is 1.94. The van der Waals surface area contributed by atoms with Crippen molar-refractivity contribution in [2.45, 2.75) is 24.8 Å². The minimum Gasteiger partial charge on any atom is -0.460 e. The van der Waals surface area contributed by atoms with Crippen LogP contribution in [-0.4, -0.2) is 10.3 Å². The van der Waals surface area contributed by atoms with E-state index in [9.17, 15) is 4.79 Å². The summed E-state index contributed by atoms with van der Waals surface area (Å²) in [7, 11) is 0. The van der Waals surface area contributed by atoms with E-state index in [1.54, 1.807) is 25.2 Å². The molecule has 0 saturated carbocycles. The van der Waals surface area contributed by atoms with Crippen molar-refractivity contribution in [3.63, 3.8) is 0 Å². The van der Waals surface area contributed by atoms with Crippen LogP contribution in [0.4, 0.5) is 0 Å². The average Bonchev–Trinajstić information content (AvgIpc) is 2.50. The Morgan fingerprint density at radius 1 is 1.69 bits per heavy atom.